The second kappa shape index (κ2) is 7.14. The molecule has 25 heavy (non-hydrogen) atoms. The van der Waals surface area contributed by atoms with Crippen LogP contribution in [-0.4, -0.2) is 42.6 Å². The Labute approximate surface area is 150 Å². The Bertz CT molecular complexity index is 778. The molecule has 2 amide bonds. The topological polar surface area (TPSA) is 75.9 Å². The standard InChI is InChI=1S/C17H18ClN3O4/c1-20(10-12-5-6-25-19-12)17(23)11-7-16(22)21(9-11)13-3-4-15(24-2)14(18)8-13/h3-6,8,11H,7,9-10H2,1-2H3/t11-/m1/s1. The number of halogens is 1. The van der Waals surface area contributed by atoms with Crippen LogP contribution in [0, 0.1) is 5.92 Å². The van der Waals surface area contributed by atoms with Gasteiger partial charge in [-0.25, -0.2) is 0 Å². The van der Waals surface area contributed by atoms with Crippen LogP contribution in [0.4, 0.5) is 5.69 Å². The van der Waals surface area contributed by atoms with Crippen molar-refractivity contribution >= 4 is 29.1 Å². The lowest BCUT2D eigenvalue weighted by molar-refractivity contribution is -0.135. The first-order valence-electron chi connectivity index (χ1n) is 7.77. The molecule has 132 valence electrons. The average molecular weight is 364 g/mol. The number of benzene rings is 1. The van der Waals surface area contributed by atoms with Gasteiger partial charge in [-0.05, 0) is 18.2 Å². The van der Waals surface area contributed by atoms with Crippen LogP contribution in [-0.2, 0) is 16.1 Å². The van der Waals surface area contributed by atoms with Gasteiger partial charge in [0.25, 0.3) is 0 Å². The van der Waals surface area contributed by atoms with Crippen molar-refractivity contribution in [1.82, 2.24) is 10.1 Å². The molecule has 1 saturated heterocycles. The Kier molecular flexibility index (Phi) is 4.94. The minimum atomic E-state index is -0.398. The molecule has 0 aliphatic carbocycles. The zero-order valence-corrected chi connectivity index (χ0v) is 14.7. The monoisotopic (exact) mass is 363 g/mol. The number of aromatic nitrogens is 1. The molecule has 2 aromatic rings. The average Bonchev–Trinajstić information content (AvgIpc) is 3.23. The van der Waals surface area contributed by atoms with Crippen molar-refractivity contribution in [3.05, 3.63) is 41.2 Å². The molecular formula is C17H18ClN3O4. The predicted molar refractivity (Wildman–Crippen MR) is 91.4 cm³/mol. The minimum Gasteiger partial charge on any atom is -0.495 e. The molecule has 0 radical (unpaired) electrons. The van der Waals surface area contributed by atoms with E-state index in [1.54, 1.807) is 41.1 Å². The molecule has 0 unspecified atom stereocenters. The van der Waals surface area contributed by atoms with Crippen molar-refractivity contribution in [2.24, 2.45) is 5.92 Å². The summed E-state index contributed by atoms with van der Waals surface area (Å²) in [6.07, 6.45) is 1.63. The number of anilines is 1. The van der Waals surface area contributed by atoms with E-state index in [1.807, 2.05) is 0 Å². The number of hydrogen-bond acceptors (Lipinski definition) is 5. The SMILES string of the molecule is COc1ccc(N2C[C@H](C(=O)N(C)Cc3ccon3)CC2=O)cc1Cl. The van der Waals surface area contributed by atoms with Gasteiger partial charge < -0.3 is 19.1 Å². The van der Waals surface area contributed by atoms with E-state index < -0.39 is 5.92 Å². The van der Waals surface area contributed by atoms with E-state index in [4.69, 9.17) is 20.9 Å². The summed E-state index contributed by atoms with van der Waals surface area (Å²) in [7, 11) is 3.22. The van der Waals surface area contributed by atoms with Gasteiger partial charge in [0.05, 0.1) is 24.6 Å². The van der Waals surface area contributed by atoms with E-state index in [9.17, 15) is 9.59 Å². The fraction of sp³-hybridized carbons (Fsp3) is 0.353. The van der Waals surface area contributed by atoms with Crippen LogP contribution in [0.5, 0.6) is 5.75 Å². The smallest absolute Gasteiger partial charge is 0.228 e. The van der Waals surface area contributed by atoms with Crippen LogP contribution >= 0.6 is 11.6 Å². The predicted octanol–water partition coefficient (Wildman–Crippen LogP) is 2.35. The molecule has 0 bridgehead atoms. The number of ether oxygens (including phenoxy) is 1. The third kappa shape index (κ3) is 3.61. The van der Waals surface area contributed by atoms with Crippen LogP contribution in [0.15, 0.2) is 35.1 Å². The molecule has 3 rings (SSSR count). The van der Waals surface area contributed by atoms with Gasteiger partial charge in [0.1, 0.15) is 17.7 Å². The molecule has 8 heteroatoms. The Balaban J connectivity index is 1.69. The van der Waals surface area contributed by atoms with Crippen LogP contribution in [0.1, 0.15) is 12.1 Å². The zero-order valence-electron chi connectivity index (χ0n) is 13.9. The highest BCUT2D eigenvalue weighted by Crippen LogP contribution is 2.32. The van der Waals surface area contributed by atoms with Crippen LogP contribution in [0.25, 0.3) is 0 Å². The molecular weight excluding hydrogens is 346 g/mol. The number of rotatable bonds is 5. The van der Waals surface area contributed by atoms with E-state index in [2.05, 4.69) is 5.16 Å². The Morgan fingerprint density at radius 2 is 2.28 bits per heavy atom. The summed E-state index contributed by atoms with van der Waals surface area (Å²) in [5.74, 6) is -0.0600. The summed E-state index contributed by atoms with van der Waals surface area (Å²) in [6, 6.07) is 6.84. The van der Waals surface area contributed by atoms with Crippen molar-refractivity contribution in [2.75, 3.05) is 25.6 Å². The lowest BCUT2D eigenvalue weighted by Gasteiger charge is -2.21. The van der Waals surface area contributed by atoms with Crippen LogP contribution in [0.2, 0.25) is 5.02 Å². The summed E-state index contributed by atoms with van der Waals surface area (Å²) in [4.78, 5) is 28.1. The van der Waals surface area contributed by atoms with E-state index in [0.29, 0.717) is 35.2 Å². The fourth-order valence-electron chi connectivity index (χ4n) is 2.90. The third-order valence-corrected chi connectivity index (χ3v) is 4.48. The van der Waals surface area contributed by atoms with Gasteiger partial charge in [-0.3, -0.25) is 9.59 Å². The zero-order chi connectivity index (χ0) is 18.0. The van der Waals surface area contributed by atoms with E-state index in [1.165, 1.54) is 13.4 Å². The van der Waals surface area contributed by atoms with Crippen molar-refractivity contribution in [3.63, 3.8) is 0 Å². The Morgan fingerprint density at radius 3 is 2.92 bits per heavy atom. The van der Waals surface area contributed by atoms with Gasteiger partial charge in [-0.2, -0.15) is 0 Å². The number of carbonyl (C=O) groups excluding carboxylic acids is 2. The van der Waals surface area contributed by atoms with Crippen LogP contribution in [0.3, 0.4) is 0 Å². The number of methoxy groups -OCH3 is 1. The minimum absolute atomic E-state index is 0.0986. The lowest BCUT2D eigenvalue weighted by atomic mass is 10.1. The Hall–Kier alpha value is -2.54. The van der Waals surface area contributed by atoms with Crippen molar-refractivity contribution < 1.29 is 18.8 Å². The highest BCUT2D eigenvalue weighted by Gasteiger charge is 2.36. The molecule has 1 aromatic carbocycles. The lowest BCUT2D eigenvalue weighted by Crippen LogP contribution is -2.34. The van der Waals surface area contributed by atoms with E-state index in [0.717, 1.165) is 0 Å². The second-order valence-corrected chi connectivity index (χ2v) is 6.32. The fourth-order valence-corrected chi connectivity index (χ4v) is 3.15. The molecule has 0 saturated carbocycles. The van der Waals surface area contributed by atoms with Gasteiger partial charge in [0.2, 0.25) is 11.8 Å². The van der Waals surface area contributed by atoms with Crippen LogP contribution < -0.4 is 9.64 Å². The van der Waals surface area contributed by atoms with Gasteiger partial charge in [0, 0.05) is 31.8 Å². The maximum absolute atomic E-state index is 12.6. The van der Waals surface area contributed by atoms with Gasteiger partial charge in [0.15, 0.2) is 0 Å². The number of amides is 2. The molecule has 1 aromatic heterocycles. The number of carbonyl (C=O) groups is 2. The molecule has 1 fully saturated rings. The highest BCUT2D eigenvalue weighted by molar-refractivity contribution is 6.32. The van der Waals surface area contributed by atoms with Crippen molar-refractivity contribution in [2.45, 2.75) is 13.0 Å². The molecule has 1 atom stereocenters. The molecule has 7 nitrogen and oxygen atoms in total. The Morgan fingerprint density at radius 1 is 1.48 bits per heavy atom. The van der Waals surface area contributed by atoms with E-state index >= 15 is 0 Å². The van der Waals surface area contributed by atoms with E-state index in [-0.39, 0.29) is 18.2 Å². The molecule has 2 heterocycles. The maximum atomic E-state index is 12.6. The first-order chi connectivity index (χ1) is 12.0. The first kappa shape index (κ1) is 17.3. The molecule has 0 N–H and O–H groups in total. The first-order valence-corrected chi connectivity index (χ1v) is 8.15. The summed E-state index contributed by atoms with van der Waals surface area (Å²) in [5, 5.41) is 4.22. The molecule has 1 aliphatic heterocycles. The number of nitrogens with zero attached hydrogens (tertiary/aromatic N) is 3. The quantitative estimate of drug-likeness (QED) is 0.815. The number of hydrogen-bond donors (Lipinski definition) is 0. The second-order valence-electron chi connectivity index (χ2n) is 5.91. The largest absolute Gasteiger partial charge is 0.495 e. The molecule has 0 spiro atoms. The van der Waals surface area contributed by atoms with Crippen molar-refractivity contribution in [1.29, 1.82) is 0 Å². The summed E-state index contributed by atoms with van der Waals surface area (Å²) in [5.41, 5.74) is 1.32. The third-order valence-electron chi connectivity index (χ3n) is 4.19. The maximum Gasteiger partial charge on any atom is 0.228 e. The highest BCUT2D eigenvalue weighted by atomic mass is 35.5. The van der Waals surface area contributed by atoms with Crippen molar-refractivity contribution in [3.8, 4) is 5.75 Å². The van der Waals surface area contributed by atoms with Gasteiger partial charge >= 0.3 is 0 Å². The van der Waals surface area contributed by atoms with Gasteiger partial charge in [-0.15, -0.1) is 0 Å². The summed E-state index contributed by atoms with van der Waals surface area (Å²) < 4.78 is 9.89. The molecule has 1 aliphatic rings. The normalized spacial score (nSPS) is 17.0. The summed E-state index contributed by atoms with van der Waals surface area (Å²) in [6.45, 7) is 0.665. The van der Waals surface area contributed by atoms with Gasteiger partial charge in [-0.1, -0.05) is 16.8 Å². The summed E-state index contributed by atoms with van der Waals surface area (Å²) >= 11 is 6.13.